The molecule has 3 rings (SSSR count). The fourth-order valence-corrected chi connectivity index (χ4v) is 4.54. The highest BCUT2D eigenvalue weighted by atomic mass is 16.7. The number of carbonyl (C=O) groups excluding carboxylic acids is 4. The smallest absolute Gasteiger partial charge is 0.338 e. The maximum absolute atomic E-state index is 13.0. The summed E-state index contributed by atoms with van der Waals surface area (Å²) in [6.45, 7) is 4.97. The average molecular weight is 619 g/mol. The van der Waals surface area contributed by atoms with Crippen LogP contribution in [0.25, 0.3) is 6.08 Å². The van der Waals surface area contributed by atoms with Crippen molar-refractivity contribution in [1.29, 1.82) is 0 Å². The minimum Gasteiger partial charge on any atom is -0.499 e. The third-order valence-corrected chi connectivity index (χ3v) is 6.58. The SMILES string of the molecule is CC(C)(C)OC(=O)CC[C@@H](CO)NC(=O)CCNC(=O)C1=C[C@H]2OCO[C@H]2[C@H](OC(=O)c2cccc(C=COCCO)c2)C1. The highest BCUT2D eigenvalue weighted by Gasteiger charge is 2.42. The van der Waals surface area contributed by atoms with Crippen molar-refractivity contribution in [3.63, 3.8) is 0 Å². The third-order valence-electron chi connectivity index (χ3n) is 6.58. The van der Waals surface area contributed by atoms with Gasteiger partial charge in [0.15, 0.2) is 0 Å². The van der Waals surface area contributed by atoms with Crippen LogP contribution in [-0.2, 0) is 38.1 Å². The predicted molar refractivity (Wildman–Crippen MR) is 157 cm³/mol. The third kappa shape index (κ3) is 11.4. The normalized spacial score (nSPS) is 20.3. The molecule has 4 atom stereocenters. The molecule has 13 nitrogen and oxygen atoms in total. The lowest BCUT2D eigenvalue weighted by atomic mass is 9.91. The summed E-state index contributed by atoms with van der Waals surface area (Å²) in [6, 6.07) is 6.07. The second-order valence-corrected chi connectivity index (χ2v) is 11.3. The van der Waals surface area contributed by atoms with Crippen LogP contribution >= 0.6 is 0 Å². The van der Waals surface area contributed by atoms with Crippen LogP contribution in [-0.4, -0.2) is 97.1 Å². The van der Waals surface area contributed by atoms with Gasteiger partial charge in [-0.3, -0.25) is 14.4 Å². The van der Waals surface area contributed by atoms with Gasteiger partial charge in [-0.15, -0.1) is 0 Å². The fourth-order valence-electron chi connectivity index (χ4n) is 4.54. The van der Waals surface area contributed by atoms with Crippen molar-refractivity contribution in [3.8, 4) is 0 Å². The Morgan fingerprint density at radius 3 is 2.66 bits per heavy atom. The molecular weight excluding hydrogens is 576 g/mol. The van der Waals surface area contributed by atoms with Gasteiger partial charge in [0, 0.05) is 31.4 Å². The van der Waals surface area contributed by atoms with E-state index in [1.54, 1.807) is 57.2 Å². The molecule has 1 aliphatic heterocycles. The summed E-state index contributed by atoms with van der Waals surface area (Å²) in [4.78, 5) is 50.3. The van der Waals surface area contributed by atoms with Gasteiger partial charge in [-0.1, -0.05) is 12.1 Å². The summed E-state index contributed by atoms with van der Waals surface area (Å²) >= 11 is 0. The fraction of sp³-hybridized carbons (Fsp3) is 0.548. The minimum atomic E-state index is -0.786. The van der Waals surface area contributed by atoms with Gasteiger partial charge in [-0.05, 0) is 57.0 Å². The molecular formula is C31H42N2O11. The Morgan fingerprint density at radius 2 is 1.93 bits per heavy atom. The first-order valence-electron chi connectivity index (χ1n) is 14.5. The summed E-state index contributed by atoms with van der Waals surface area (Å²) < 4.78 is 27.3. The molecule has 13 heteroatoms. The number of nitrogens with one attached hydrogen (secondary N) is 2. The molecule has 1 aromatic carbocycles. The number of aliphatic hydroxyl groups excluding tert-OH is 2. The van der Waals surface area contributed by atoms with Gasteiger partial charge < -0.3 is 44.5 Å². The molecule has 2 aliphatic rings. The van der Waals surface area contributed by atoms with E-state index in [0.717, 1.165) is 0 Å². The molecule has 0 spiro atoms. The lowest BCUT2D eigenvalue weighted by Gasteiger charge is -2.30. The number of hydrogen-bond donors (Lipinski definition) is 4. The summed E-state index contributed by atoms with van der Waals surface area (Å²) in [5, 5.41) is 23.7. The Morgan fingerprint density at radius 1 is 1.14 bits per heavy atom. The molecule has 0 radical (unpaired) electrons. The number of fused-ring (bicyclic) bond motifs is 1. The zero-order valence-corrected chi connectivity index (χ0v) is 25.3. The number of rotatable bonds is 15. The Kier molecular flexibility index (Phi) is 13.3. The second kappa shape index (κ2) is 16.9. The van der Waals surface area contributed by atoms with Crippen LogP contribution in [0.15, 0.2) is 42.2 Å². The van der Waals surface area contributed by atoms with Crippen LogP contribution in [0.1, 0.15) is 62.4 Å². The van der Waals surface area contributed by atoms with Gasteiger partial charge in [0.2, 0.25) is 11.8 Å². The van der Waals surface area contributed by atoms with Crippen LogP contribution < -0.4 is 10.6 Å². The molecule has 1 fully saturated rings. The Balaban J connectivity index is 1.49. The Hall–Kier alpha value is -3.78. The van der Waals surface area contributed by atoms with Crippen molar-refractivity contribution >= 4 is 29.8 Å². The monoisotopic (exact) mass is 618 g/mol. The van der Waals surface area contributed by atoms with Gasteiger partial charge in [0.25, 0.3) is 0 Å². The van der Waals surface area contributed by atoms with Crippen LogP contribution in [0.5, 0.6) is 0 Å². The Labute approximate surface area is 256 Å². The second-order valence-electron chi connectivity index (χ2n) is 11.3. The van der Waals surface area contributed by atoms with E-state index in [1.165, 1.54) is 6.26 Å². The topological polar surface area (TPSA) is 179 Å². The van der Waals surface area contributed by atoms with E-state index in [4.69, 9.17) is 28.8 Å². The van der Waals surface area contributed by atoms with Crippen molar-refractivity contribution in [3.05, 3.63) is 53.3 Å². The summed E-state index contributed by atoms with van der Waals surface area (Å²) in [6.07, 6.45) is 3.04. The van der Waals surface area contributed by atoms with Gasteiger partial charge in [-0.2, -0.15) is 0 Å². The van der Waals surface area contributed by atoms with Crippen molar-refractivity contribution in [2.75, 3.05) is 33.2 Å². The van der Waals surface area contributed by atoms with Crippen LogP contribution in [0.3, 0.4) is 0 Å². The molecule has 4 N–H and O–H groups in total. The highest BCUT2D eigenvalue weighted by Crippen LogP contribution is 2.31. The van der Waals surface area contributed by atoms with E-state index < -0.39 is 53.7 Å². The molecule has 242 valence electrons. The molecule has 1 heterocycles. The number of aliphatic hydroxyl groups is 2. The van der Waals surface area contributed by atoms with Crippen molar-refractivity contribution in [2.24, 2.45) is 0 Å². The maximum atomic E-state index is 13.0. The molecule has 0 saturated carbocycles. The van der Waals surface area contributed by atoms with Gasteiger partial charge in [-0.25, -0.2) is 4.79 Å². The largest absolute Gasteiger partial charge is 0.499 e. The van der Waals surface area contributed by atoms with Gasteiger partial charge >= 0.3 is 11.9 Å². The lowest BCUT2D eigenvalue weighted by molar-refractivity contribution is -0.155. The lowest BCUT2D eigenvalue weighted by Crippen LogP contribution is -2.44. The first-order chi connectivity index (χ1) is 21.0. The molecule has 0 aromatic heterocycles. The first-order valence-corrected chi connectivity index (χ1v) is 14.5. The quantitative estimate of drug-likeness (QED) is 0.127. The average Bonchev–Trinajstić information content (AvgIpc) is 3.46. The number of esters is 2. The molecule has 1 aromatic rings. The zero-order valence-electron chi connectivity index (χ0n) is 25.3. The number of ether oxygens (including phenoxy) is 5. The molecule has 2 amide bonds. The van der Waals surface area contributed by atoms with Gasteiger partial charge in [0.1, 0.15) is 37.3 Å². The van der Waals surface area contributed by atoms with Crippen LogP contribution in [0.4, 0.5) is 0 Å². The molecule has 44 heavy (non-hydrogen) atoms. The summed E-state index contributed by atoms with van der Waals surface area (Å²) in [5.41, 5.74) is 0.695. The van der Waals surface area contributed by atoms with Crippen LogP contribution in [0, 0.1) is 0 Å². The number of carbonyl (C=O) groups is 4. The van der Waals surface area contributed by atoms with E-state index in [-0.39, 0.29) is 58.8 Å². The highest BCUT2D eigenvalue weighted by molar-refractivity contribution is 5.94. The first kappa shape index (κ1) is 34.7. The number of hydrogen-bond acceptors (Lipinski definition) is 11. The van der Waals surface area contributed by atoms with Gasteiger partial charge in [0.05, 0.1) is 31.1 Å². The van der Waals surface area contributed by atoms with E-state index in [0.29, 0.717) is 16.7 Å². The molecule has 0 unspecified atom stereocenters. The summed E-state index contributed by atoms with van der Waals surface area (Å²) in [7, 11) is 0. The predicted octanol–water partition coefficient (Wildman–Crippen LogP) is 1.37. The molecule has 1 aliphatic carbocycles. The molecule has 0 bridgehead atoms. The molecule has 1 saturated heterocycles. The van der Waals surface area contributed by atoms with Crippen molar-refractivity contribution in [1.82, 2.24) is 10.6 Å². The standard InChI is InChI=1S/C31H42N2O11/c1-31(2,3)44-27(37)8-7-23(18-35)33-26(36)9-11-32-29(38)22-16-24-28(42-19-41-24)25(17-22)43-30(39)21-6-4-5-20(15-21)10-13-40-14-12-34/h4-6,10,13,15-16,23-25,28,34-35H,7-9,11-12,14,17-19H2,1-3H3,(H,32,38)(H,33,36)/t23-,24+,25+,28+/m0/s1. The number of amides is 2. The van der Waals surface area contributed by atoms with E-state index in [1.807, 2.05) is 0 Å². The summed E-state index contributed by atoms with van der Waals surface area (Å²) in [5.74, 6) is -1.86. The van der Waals surface area contributed by atoms with E-state index >= 15 is 0 Å². The van der Waals surface area contributed by atoms with E-state index in [2.05, 4.69) is 10.6 Å². The number of benzene rings is 1. The minimum absolute atomic E-state index is 0.0109. The Bertz CT molecular complexity index is 1210. The van der Waals surface area contributed by atoms with Crippen molar-refractivity contribution in [2.45, 2.75) is 76.4 Å². The van der Waals surface area contributed by atoms with Crippen LogP contribution in [0.2, 0.25) is 0 Å². The van der Waals surface area contributed by atoms with E-state index in [9.17, 15) is 24.3 Å². The zero-order chi connectivity index (χ0) is 32.1. The maximum Gasteiger partial charge on any atom is 0.338 e. The van der Waals surface area contributed by atoms with Crippen molar-refractivity contribution < 1.29 is 53.1 Å².